The minimum absolute atomic E-state index is 0.115. The number of nitrogens with zero attached hydrogens (tertiary/aromatic N) is 1. The van der Waals surface area contributed by atoms with Gasteiger partial charge in [-0.25, -0.2) is 0 Å². The van der Waals surface area contributed by atoms with E-state index in [1.54, 1.807) is 4.90 Å². The summed E-state index contributed by atoms with van der Waals surface area (Å²) in [5, 5.41) is 2.96. The zero-order chi connectivity index (χ0) is 47.9. The molecule has 1 atom stereocenters. The molecule has 4 rings (SSSR count). The number of rotatable bonds is 36. The standard InChI is InChI=1S/C58H85N3O6/c1-6-8-10-12-14-15-16-17-19-21-25-36-66-54-42-49(30-29-46(54)3)44-61(58(63)52-41-47(4)48(5)55(43-52)67-37-26-20-18-13-11-9-7-2)45-56(62)60-35-38-64-39-40-65-53-33-31-51(32-34-53)57(59)50-27-23-22-24-28-50/h22-24,27-34,41-43,57H,6-21,25-26,35-40,44-45,59H2,1-5H3,(H,60,62). The Kier molecular flexibility index (Phi) is 26.8. The van der Waals surface area contributed by atoms with Crippen molar-refractivity contribution in [3.8, 4) is 17.2 Å². The molecule has 67 heavy (non-hydrogen) atoms. The van der Waals surface area contributed by atoms with Crippen LogP contribution in [0.3, 0.4) is 0 Å². The van der Waals surface area contributed by atoms with E-state index < -0.39 is 0 Å². The third kappa shape index (κ3) is 21.3. The summed E-state index contributed by atoms with van der Waals surface area (Å²) in [4.78, 5) is 29.6. The molecule has 0 fully saturated rings. The van der Waals surface area contributed by atoms with Crippen LogP contribution in [0.4, 0.5) is 0 Å². The van der Waals surface area contributed by atoms with Crippen molar-refractivity contribution in [2.24, 2.45) is 5.73 Å². The lowest BCUT2D eigenvalue weighted by Gasteiger charge is -2.24. The van der Waals surface area contributed by atoms with E-state index in [0.717, 1.165) is 76.3 Å². The zero-order valence-corrected chi connectivity index (χ0v) is 42.0. The highest BCUT2D eigenvalue weighted by Gasteiger charge is 2.22. The molecule has 368 valence electrons. The van der Waals surface area contributed by atoms with Gasteiger partial charge in [0.25, 0.3) is 5.91 Å². The Labute approximate surface area is 404 Å². The summed E-state index contributed by atoms with van der Waals surface area (Å²) < 4.78 is 24.3. The van der Waals surface area contributed by atoms with Gasteiger partial charge in [0.1, 0.15) is 30.4 Å². The Morgan fingerprint density at radius 1 is 0.567 bits per heavy atom. The minimum atomic E-state index is -0.263. The van der Waals surface area contributed by atoms with Gasteiger partial charge in [-0.2, -0.15) is 0 Å². The SMILES string of the molecule is CCCCCCCCCCCCCOc1cc(CN(CC(=O)NCCOCCOc2ccc(C(N)c3ccccc3)cc2)C(=O)c2cc(C)c(C)c(OCCCCCCCCC)c2)ccc1C. The summed E-state index contributed by atoms with van der Waals surface area (Å²) in [6.07, 6.45) is 22.5. The predicted molar refractivity (Wildman–Crippen MR) is 276 cm³/mol. The maximum Gasteiger partial charge on any atom is 0.254 e. The van der Waals surface area contributed by atoms with E-state index in [1.807, 2.05) is 106 Å². The number of carbonyl (C=O) groups excluding carboxylic acids is 2. The highest BCUT2D eigenvalue weighted by atomic mass is 16.5. The van der Waals surface area contributed by atoms with Crippen molar-refractivity contribution < 1.29 is 28.5 Å². The van der Waals surface area contributed by atoms with Gasteiger partial charge >= 0.3 is 0 Å². The van der Waals surface area contributed by atoms with Crippen molar-refractivity contribution in [3.63, 3.8) is 0 Å². The second-order valence-corrected chi connectivity index (χ2v) is 18.3. The Morgan fingerprint density at radius 2 is 1.13 bits per heavy atom. The first-order chi connectivity index (χ1) is 32.7. The first-order valence-corrected chi connectivity index (χ1v) is 25.8. The summed E-state index contributed by atoms with van der Waals surface area (Å²) in [6.45, 7) is 13.3. The second kappa shape index (κ2) is 32.8. The topological polar surface area (TPSA) is 112 Å². The molecule has 3 N–H and O–H groups in total. The molecule has 2 amide bonds. The average Bonchev–Trinajstić information content (AvgIpc) is 3.34. The number of aryl methyl sites for hydroxylation is 2. The van der Waals surface area contributed by atoms with Crippen LogP contribution >= 0.6 is 0 Å². The first-order valence-electron chi connectivity index (χ1n) is 25.8. The summed E-state index contributed by atoms with van der Waals surface area (Å²) in [5.74, 6) is 1.78. The Balaban J connectivity index is 1.30. The van der Waals surface area contributed by atoms with Crippen LogP contribution in [0, 0.1) is 20.8 Å². The first kappa shape index (κ1) is 54.7. The van der Waals surface area contributed by atoms with E-state index in [0.29, 0.717) is 45.1 Å². The fourth-order valence-corrected chi connectivity index (χ4v) is 8.23. The molecule has 4 aromatic rings. The van der Waals surface area contributed by atoms with Crippen molar-refractivity contribution >= 4 is 11.8 Å². The van der Waals surface area contributed by atoms with Crippen LogP contribution < -0.4 is 25.3 Å². The van der Waals surface area contributed by atoms with Gasteiger partial charge in [0.05, 0.1) is 32.5 Å². The van der Waals surface area contributed by atoms with Gasteiger partial charge in [-0.15, -0.1) is 0 Å². The van der Waals surface area contributed by atoms with E-state index in [4.69, 9.17) is 24.7 Å². The molecule has 4 aromatic carbocycles. The maximum absolute atomic E-state index is 14.4. The molecule has 0 saturated heterocycles. The number of amides is 2. The van der Waals surface area contributed by atoms with Gasteiger partial charge < -0.3 is 34.9 Å². The quantitative estimate of drug-likeness (QED) is 0.0437. The number of unbranched alkanes of at least 4 members (excludes halogenated alkanes) is 16. The lowest BCUT2D eigenvalue weighted by Crippen LogP contribution is -2.41. The van der Waals surface area contributed by atoms with Gasteiger partial charge in [-0.3, -0.25) is 9.59 Å². The molecule has 9 heteroatoms. The third-order valence-electron chi connectivity index (χ3n) is 12.6. The Morgan fingerprint density at radius 3 is 1.75 bits per heavy atom. The highest BCUT2D eigenvalue weighted by molar-refractivity contribution is 5.97. The molecule has 9 nitrogen and oxygen atoms in total. The molecule has 0 aliphatic rings. The Bertz CT molecular complexity index is 1970. The molecule has 0 aromatic heterocycles. The van der Waals surface area contributed by atoms with E-state index >= 15 is 0 Å². The molecule has 0 aliphatic carbocycles. The van der Waals surface area contributed by atoms with Crippen LogP contribution in [0.1, 0.15) is 179 Å². The molecular weight excluding hydrogens is 835 g/mol. The molecule has 0 radical (unpaired) electrons. The summed E-state index contributed by atoms with van der Waals surface area (Å²) in [7, 11) is 0. The van der Waals surface area contributed by atoms with Gasteiger partial charge in [-0.05, 0) is 97.3 Å². The fraction of sp³-hybridized carbons (Fsp3) is 0.552. The molecule has 0 bridgehead atoms. The summed E-state index contributed by atoms with van der Waals surface area (Å²) in [6, 6.07) is 27.4. The van der Waals surface area contributed by atoms with E-state index in [9.17, 15) is 9.59 Å². The molecular formula is C58H85N3O6. The van der Waals surface area contributed by atoms with E-state index in [2.05, 4.69) is 19.2 Å². The minimum Gasteiger partial charge on any atom is -0.493 e. The van der Waals surface area contributed by atoms with Crippen LogP contribution in [0.25, 0.3) is 0 Å². The van der Waals surface area contributed by atoms with Crippen LogP contribution in [-0.4, -0.2) is 62.8 Å². The average molecular weight is 920 g/mol. The number of ether oxygens (including phenoxy) is 4. The number of hydrogen-bond acceptors (Lipinski definition) is 7. The molecule has 0 saturated carbocycles. The van der Waals surface area contributed by atoms with Crippen LogP contribution in [-0.2, 0) is 16.1 Å². The van der Waals surface area contributed by atoms with Crippen LogP contribution in [0.15, 0.2) is 84.9 Å². The molecule has 0 spiro atoms. The van der Waals surface area contributed by atoms with Crippen LogP contribution in [0.2, 0.25) is 0 Å². The van der Waals surface area contributed by atoms with E-state index in [-0.39, 0.29) is 30.9 Å². The van der Waals surface area contributed by atoms with Crippen molar-refractivity contribution in [2.45, 2.75) is 163 Å². The second-order valence-electron chi connectivity index (χ2n) is 18.3. The maximum atomic E-state index is 14.4. The van der Waals surface area contributed by atoms with Crippen molar-refractivity contribution in [3.05, 3.63) is 124 Å². The van der Waals surface area contributed by atoms with E-state index in [1.165, 1.54) is 89.9 Å². The largest absolute Gasteiger partial charge is 0.493 e. The predicted octanol–water partition coefficient (Wildman–Crippen LogP) is 13.3. The van der Waals surface area contributed by atoms with Gasteiger partial charge in [0.15, 0.2) is 0 Å². The van der Waals surface area contributed by atoms with Crippen molar-refractivity contribution in [1.29, 1.82) is 0 Å². The monoisotopic (exact) mass is 920 g/mol. The van der Waals surface area contributed by atoms with Gasteiger partial charge in [0.2, 0.25) is 5.91 Å². The lowest BCUT2D eigenvalue weighted by molar-refractivity contribution is -0.122. The highest BCUT2D eigenvalue weighted by Crippen LogP contribution is 2.27. The Hall–Kier alpha value is -4.86. The van der Waals surface area contributed by atoms with Gasteiger partial charge in [-0.1, -0.05) is 171 Å². The van der Waals surface area contributed by atoms with Crippen molar-refractivity contribution in [1.82, 2.24) is 10.2 Å². The smallest absolute Gasteiger partial charge is 0.254 e. The number of nitrogens with one attached hydrogen (secondary N) is 1. The van der Waals surface area contributed by atoms with Crippen molar-refractivity contribution in [2.75, 3.05) is 46.1 Å². The molecule has 1 unspecified atom stereocenters. The van der Waals surface area contributed by atoms with Gasteiger partial charge in [0, 0.05) is 18.7 Å². The van der Waals surface area contributed by atoms with Crippen LogP contribution in [0.5, 0.6) is 17.2 Å². The normalized spacial score (nSPS) is 11.6. The fourth-order valence-electron chi connectivity index (χ4n) is 8.23. The molecule has 0 aliphatic heterocycles. The summed E-state index contributed by atoms with van der Waals surface area (Å²) in [5.41, 5.74) is 13.0. The number of hydrogen-bond donors (Lipinski definition) is 2. The lowest BCUT2D eigenvalue weighted by atomic mass is 10.00. The number of nitrogens with two attached hydrogens (primary N) is 1. The number of benzene rings is 4. The summed E-state index contributed by atoms with van der Waals surface area (Å²) >= 11 is 0. The number of carbonyl (C=O) groups is 2. The third-order valence-corrected chi connectivity index (χ3v) is 12.6. The zero-order valence-electron chi connectivity index (χ0n) is 42.0. The molecule has 0 heterocycles.